The van der Waals surface area contributed by atoms with Crippen molar-refractivity contribution in [2.75, 3.05) is 10.6 Å². The predicted octanol–water partition coefficient (Wildman–Crippen LogP) is 5.27. The zero-order chi connectivity index (χ0) is 22.4. The summed E-state index contributed by atoms with van der Waals surface area (Å²) in [6, 6.07) is 20.3. The van der Waals surface area contributed by atoms with E-state index in [4.69, 9.17) is 0 Å². The average molecular weight is 436 g/mol. The van der Waals surface area contributed by atoms with E-state index >= 15 is 0 Å². The van der Waals surface area contributed by atoms with Crippen LogP contribution in [0.2, 0.25) is 0 Å². The van der Waals surface area contributed by atoms with Crippen LogP contribution in [0, 0.1) is 17.0 Å². The van der Waals surface area contributed by atoms with Gasteiger partial charge in [0.05, 0.1) is 10.2 Å². The lowest BCUT2D eigenvalue weighted by molar-refractivity contribution is -0.384. The van der Waals surface area contributed by atoms with Crippen molar-refractivity contribution >= 4 is 40.6 Å². The second-order valence-corrected chi connectivity index (χ2v) is 8.32. The van der Waals surface area contributed by atoms with Gasteiger partial charge in [0.15, 0.2) is 0 Å². The monoisotopic (exact) mass is 435 g/mol. The summed E-state index contributed by atoms with van der Waals surface area (Å²) in [7, 11) is 0. The van der Waals surface area contributed by atoms with Crippen molar-refractivity contribution in [2.24, 2.45) is 0 Å². The highest BCUT2D eigenvalue weighted by molar-refractivity contribution is 8.00. The summed E-state index contributed by atoms with van der Waals surface area (Å²) in [5.41, 5.74) is 2.67. The minimum Gasteiger partial charge on any atom is -0.325 e. The van der Waals surface area contributed by atoms with E-state index in [0.29, 0.717) is 16.9 Å². The Morgan fingerprint density at radius 3 is 2.32 bits per heavy atom. The van der Waals surface area contributed by atoms with Gasteiger partial charge in [-0.3, -0.25) is 19.7 Å². The number of thioether (sulfide) groups is 1. The molecule has 0 aliphatic carbocycles. The third kappa shape index (κ3) is 6.16. The van der Waals surface area contributed by atoms with Crippen LogP contribution in [0.4, 0.5) is 17.1 Å². The molecule has 0 spiro atoms. The van der Waals surface area contributed by atoms with Crippen LogP contribution in [0.5, 0.6) is 0 Å². The van der Waals surface area contributed by atoms with Crippen LogP contribution in [0.25, 0.3) is 0 Å². The lowest BCUT2D eigenvalue weighted by atomic mass is 10.1. The van der Waals surface area contributed by atoms with Gasteiger partial charge in [0.1, 0.15) is 0 Å². The maximum atomic E-state index is 12.5. The zero-order valence-corrected chi connectivity index (χ0v) is 17.8. The molecular weight excluding hydrogens is 414 g/mol. The predicted molar refractivity (Wildman–Crippen MR) is 123 cm³/mol. The minimum absolute atomic E-state index is 0.0371. The van der Waals surface area contributed by atoms with Crippen molar-refractivity contribution in [1.29, 1.82) is 0 Å². The first kappa shape index (κ1) is 22.0. The molecule has 0 aliphatic rings. The van der Waals surface area contributed by atoms with Crippen LogP contribution in [-0.2, 0) is 4.79 Å². The molecule has 1 unspecified atom stereocenters. The van der Waals surface area contributed by atoms with E-state index < -0.39 is 10.2 Å². The number of benzene rings is 3. The molecule has 0 saturated carbocycles. The molecule has 2 N–H and O–H groups in total. The summed E-state index contributed by atoms with van der Waals surface area (Å²) < 4.78 is 0. The van der Waals surface area contributed by atoms with Gasteiger partial charge in [-0.15, -0.1) is 11.8 Å². The molecule has 1 atom stereocenters. The number of amides is 2. The molecule has 3 aromatic rings. The normalized spacial score (nSPS) is 11.4. The van der Waals surface area contributed by atoms with Gasteiger partial charge in [-0.1, -0.05) is 23.8 Å². The van der Waals surface area contributed by atoms with Gasteiger partial charge >= 0.3 is 0 Å². The molecule has 3 aromatic carbocycles. The molecule has 2 amide bonds. The summed E-state index contributed by atoms with van der Waals surface area (Å²) in [5, 5.41) is 15.9. The van der Waals surface area contributed by atoms with Crippen LogP contribution >= 0.6 is 11.8 Å². The minimum atomic E-state index is -0.491. The Balaban J connectivity index is 1.61. The number of anilines is 2. The van der Waals surface area contributed by atoms with Crippen LogP contribution < -0.4 is 10.6 Å². The molecule has 158 valence electrons. The lowest BCUT2D eigenvalue weighted by Gasteiger charge is -2.13. The van der Waals surface area contributed by atoms with Crippen molar-refractivity contribution in [1.82, 2.24) is 0 Å². The Labute approximate surface area is 184 Å². The number of carbonyl (C=O) groups is 2. The van der Waals surface area contributed by atoms with Gasteiger partial charge in [0, 0.05) is 34.0 Å². The number of nitro benzene ring substituents is 1. The smallest absolute Gasteiger partial charge is 0.269 e. The van der Waals surface area contributed by atoms with Crippen molar-refractivity contribution in [3.05, 3.63) is 94.0 Å². The first-order valence-electron chi connectivity index (χ1n) is 9.52. The summed E-state index contributed by atoms with van der Waals surface area (Å²) in [6.45, 7) is 3.69. The molecule has 0 aliphatic heterocycles. The second kappa shape index (κ2) is 9.90. The Hall–Kier alpha value is -3.65. The highest BCUT2D eigenvalue weighted by atomic mass is 32.2. The fourth-order valence-electron chi connectivity index (χ4n) is 2.80. The lowest BCUT2D eigenvalue weighted by Crippen LogP contribution is -2.22. The third-order valence-corrected chi connectivity index (χ3v) is 5.49. The number of hydrogen-bond acceptors (Lipinski definition) is 5. The Bertz CT molecular complexity index is 1120. The molecule has 0 heterocycles. The number of hydrogen-bond donors (Lipinski definition) is 2. The summed E-state index contributed by atoms with van der Waals surface area (Å²) in [4.78, 5) is 36.0. The van der Waals surface area contributed by atoms with Crippen molar-refractivity contribution < 1.29 is 14.5 Å². The summed E-state index contributed by atoms with van der Waals surface area (Å²) in [6.07, 6.45) is 0. The summed E-state index contributed by atoms with van der Waals surface area (Å²) in [5.74, 6) is -0.428. The van der Waals surface area contributed by atoms with Gasteiger partial charge in [0.2, 0.25) is 5.91 Å². The first-order valence-corrected chi connectivity index (χ1v) is 10.4. The van der Waals surface area contributed by atoms with E-state index in [1.54, 1.807) is 19.1 Å². The fourth-order valence-corrected chi connectivity index (χ4v) is 3.73. The molecule has 31 heavy (non-hydrogen) atoms. The molecule has 7 nitrogen and oxygen atoms in total. The van der Waals surface area contributed by atoms with Gasteiger partial charge in [0.25, 0.3) is 11.6 Å². The van der Waals surface area contributed by atoms with E-state index in [9.17, 15) is 19.7 Å². The molecule has 0 bridgehead atoms. The fraction of sp³-hybridized carbons (Fsp3) is 0.130. The Morgan fingerprint density at radius 1 is 0.935 bits per heavy atom. The largest absolute Gasteiger partial charge is 0.325 e. The van der Waals surface area contributed by atoms with Gasteiger partial charge in [-0.25, -0.2) is 0 Å². The van der Waals surface area contributed by atoms with Crippen LogP contribution in [0.3, 0.4) is 0 Å². The van der Waals surface area contributed by atoms with Crippen molar-refractivity contribution in [3.8, 4) is 0 Å². The second-order valence-electron chi connectivity index (χ2n) is 6.90. The number of non-ortho nitro benzene ring substituents is 1. The zero-order valence-electron chi connectivity index (χ0n) is 17.0. The number of rotatable bonds is 7. The molecule has 3 rings (SSSR count). The molecule has 0 radical (unpaired) electrons. The standard InChI is InChI=1S/C23H21N3O4S/c1-15-5-3-6-17(13-15)23(28)25-19-7-4-8-21(14-19)31-16(2)22(27)24-18-9-11-20(12-10-18)26(29)30/h3-14,16H,1-2H3,(H,24,27)(H,25,28). The Kier molecular flexibility index (Phi) is 7.04. The van der Waals surface area contributed by atoms with Gasteiger partial charge in [-0.2, -0.15) is 0 Å². The van der Waals surface area contributed by atoms with E-state index in [2.05, 4.69) is 10.6 Å². The highest BCUT2D eigenvalue weighted by Gasteiger charge is 2.16. The maximum Gasteiger partial charge on any atom is 0.269 e. The van der Waals surface area contributed by atoms with E-state index in [1.165, 1.54) is 36.0 Å². The molecule has 0 fully saturated rings. The average Bonchev–Trinajstić information content (AvgIpc) is 2.74. The number of aryl methyl sites for hydroxylation is 1. The van der Waals surface area contributed by atoms with E-state index in [0.717, 1.165) is 10.5 Å². The third-order valence-electron chi connectivity index (χ3n) is 4.40. The number of nitrogens with zero attached hydrogens (tertiary/aromatic N) is 1. The molecular formula is C23H21N3O4S. The highest BCUT2D eigenvalue weighted by Crippen LogP contribution is 2.27. The summed E-state index contributed by atoms with van der Waals surface area (Å²) >= 11 is 1.35. The van der Waals surface area contributed by atoms with E-state index in [1.807, 2.05) is 43.3 Å². The Morgan fingerprint density at radius 2 is 1.65 bits per heavy atom. The molecule has 8 heteroatoms. The van der Waals surface area contributed by atoms with Crippen LogP contribution in [-0.4, -0.2) is 22.0 Å². The number of nitrogens with one attached hydrogen (secondary N) is 2. The quantitative estimate of drug-likeness (QED) is 0.299. The van der Waals surface area contributed by atoms with Crippen LogP contribution in [0.15, 0.2) is 77.7 Å². The number of carbonyl (C=O) groups excluding carboxylic acids is 2. The van der Waals surface area contributed by atoms with Gasteiger partial charge < -0.3 is 10.6 Å². The van der Waals surface area contributed by atoms with Gasteiger partial charge in [-0.05, 0) is 56.3 Å². The SMILES string of the molecule is Cc1cccc(C(=O)Nc2cccc(SC(C)C(=O)Nc3ccc([N+](=O)[O-])cc3)c2)c1. The molecule has 0 saturated heterocycles. The number of nitro groups is 1. The first-order chi connectivity index (χ1) is 14.8. The van der Waals surface area contributed by atoms with E-state index in [-0.39, 0.29) is 17.5 Å². The maximum absolute atomic E-state index is 12.5. The van der Waals surface area contributed by atoms with Crippen molar-refractivity contribution in [2.45, 2.75) is 24.0 Å². The molecule has 0 aromatic heterocycles. The topological polar surface area (TPSA) is 101 Å². The van der Waals surface area contributed by atoms with Crippen LogP contribution in [0.1, 0.15) is 22.8 Å². The van der Waals surface area contributed by atoms with Crippen molar-refractivity contribution in [3.63, 3.8) is 0 Å².